The van der Waals surface area contributed by atoms with Gasteiger partial charge in [-0.2, -0.15) is 9.78 Å². The zero-order chi connectivity index (χ0) is 28.4. The van der Waals surface area contributed by atoms with Crippen LogP contribution in [0.1, 0.15) is 19.4 Å². The van der Waals surface area contributed by atoms with Gasteiger partial charge in [0.05, 0.1) is 30.8 Å². The molecule has 9 nitrogen and oxygen atoms in total. The summed E-state index contributed by atoms with van der Waals surface area (Å²) in [5.41, 5.74) is 1.42. The van der Waals surface area contributed by atoms with Crippen LogP contribution in [0.25, 0.3) is 33.5 Å². The second-order valence-electron chi connectivity index (χ2n) is 8.64. The van der Waals surface area contributed by atoms with Crippen molar-refractivity contribution in [2.45, 2.75) is 20.0 Å². The van der Waals surface area contributed by atoms with Crippen LogP contribution in [0.2, 0.25) is 0 Å². The minimum absolute atomic E-state index is 0.250. The summed E-state index contributed by atoms with van der Waals surface area (Å²) in [6.07, 6.45) is 0.672. The van der Waals surface area contributed by atoms with E-state index in [0.29, 0.717) is 50.4 Å². The normalized spacial score (nSPS) is 12.2. The molecule has 204 valence electrons. The Labute approximate surface area is 245 Å². The number of esters is 1. The van der Waals surface area contributed by atoms with Crippen molar-refractivity contribution in [3.05, 3.63) is 85.5 Å². The Morgan fingerprint density at radius 2 is 1.93 bits per heavy atom. The van der Waals surface area contributed by atoms with Crippen LogP contribution in [0.15, 0.2) is 83.9 Å². The molecule has 0 fully saturated rings. The Balaban J connectivity index is 1.62. The first-order valence-corrected chi connectivity index (χ1v) is 13.8. The smallest absolute Gasteiger partial charge is 0.346 e. The molecule has 5 aromatic rings. The van der Waals surface area contributed by atoms with Gasteiger partial charge in [-0.1, -0.05) is 28.1 Å². The number of aromatic nitrogens is 2. The van der Waals surface area contributed by atoms with Gasteiger partial charge in [-0.05, 0) is 78.3 Å². The molecule has 0 saturated heterocycles. The van der Waals surface area contributed by atoms with E-state index in [2.05, 4.69) is 37.0 Å². The number of rotatable bonds is 8. The fourth-order valence-electron chi connectivity index (χ4n) is 4.05. The molecule has 0 spiro atoms. The summed E-state index contributed by atoms with van der Waals surface area (Å²) >= 11 is 7.01. The van der Waals surface area contributed by atoms with Crippen LogP contribution in [0.5, 0.6) is 11.5 Å². The highest BCUT2D eigenvalue weighted by Crippen LogP contribution is 2.34. The highest BCUT2D eigenvalue weighted by Gasteiger charge is 2.20. The maximum Gasteiger partial charge on any atom is 0.346 e. The second kappa shape index (κ2) is 11.6. The fraction of sp³-hybridized carbons (Fsp3) is 0.172. The van der Waals surface area contributed by atoms with Crippen molar-refractivity contribution in [1.82, 2.24) is 9.66 Å². The lowest BCUT2D eigenvalue weighted by molar-refractivity contribution is -0.147. The predicted octanol–water partition coefficient (Wildman–Crippen LogP) is 6.56. The third-order valence-corrected chi connectivity index (χ3v) is 7.14. The number of ether oxygens (including phenoxy) is 3. The predicted molar refractivity (Wildman–Crippen MR) is 159 cm³/mol. The summed E-state index contributed by atoms with van der Waals surface area (Å²) in [5.74, 6) is 0.873. The molecule has 2 heterocycles. The van der Waals surface area contributed by atoms with Gasteiger partial charge in [0.2, 0.25) is 5.82 Å². The lowest BCUT2D eigenvalue weighted by Gasteiger charge is -2.17. The number of carbonyl (C=O) groups excluding carboxylic acids is 1. The molecule has 11 heteroatoms. The van der Waals surface area contributed by atoms with Crippen LogP contribution in [-0.4, -0.2) is 41.7 Å². The van der Waals surface area contributed by atoms with E-state index in [1.54, 1.807) is 37.3 Å². The zero-order valence-electron chi connectivity index (χ0n) is 21.7. The first-order chi connectivity index (χ1) is 19.3. The SMILES string of the molecule is CCOc1cc(C=Nn2c(-c3cc4cc(Br)ccc4o3)nc3ccccc3c2=O)c(Br)cc1O[C@H](C)C(=O)OC. The highest BCUT2D eigenvalue weighted by molar-refractivity contribution is 9.10. The molecule has 3 aromatic carbocycles. The molecule has 0 aliphatic rings. The van der Waals surface area contributed by atoms with Crippen molar-refractivity contribution in [2.24, 2.45) is 5.10 Å². The molecule has 0 saturated carbocycles. The molecule has 0 amide bonds. The Bertz CT molecular complexity index is 1830. The van der Waals surface area contributed by atoms with Gasteiger partial charge >= 0.3 is 5.97 Å². The van der Waals surface area contributed by atoms with Crippen molar-refractivity contribution in [1.29, 1.82) is 0 Å². The molecule has 0 aliphatic heterocycles. The number of para-hydroxylation sites is 1. The van der Waals surface area contributed by atoms with E-state index in [9.17, 15) is 9.59 Å². The van der Waals surface area contributed by atoms with Crippen LogP contribution in [0, 0.1) is 0 Å². The van der Waals surface area contributed by atoms with Crippen LogP contribution in [-0.2, 0) is 9.53 Å². The number of hydrogen-bond acceptors (Lipinski definition) is 8. The van der Waals surface area contributed by atoms with Crippen molar-refractivity contribution >= 4 is 65.9 Å². The lowest BCUT2D eigenvalue weighted by atomic mass is 10.2. The van der Waals surface area contributed by atoms with Gasteiger partial charge in [0.1, 0.15) is 5.58 Å². The van der Waals surface area contributed by atoms with E-state index in [1.807, 2.05) is 37.3 Å². The van der Waals surface area contributed by atoms with Gasteiger partial charge in [-0.25, -0.2) is 9.78 Å². The second-order valence-corrected chi connectivity index (χ2v) is 10.4. The third-order valence-electron chi connectivity index (χ3n) is 5.96. The lowest BCUT2D eigenvalue weighted by Crippen LogP contribution is -2.25. The number of fused-ring (bicyclic) bond motifs is 2. The molecular weight excluding hydrogens is 646 g/mol. The minimum Gasteiger partial charge on any atom is -0.490 e. The van der Waals surface area contributed by atoms with Crippen molar-refractivity contribution in [2.75, 3.05) is 13.7 Å². The molecule has 2 aromatic heterocycles. The van der Waals surface area contributed by atoms with Gasteiger partial charge in [-0.15, -0.1) is 0 Å². The first kappa shape index (κ1) is 27.6. The molecule has 0 N–H and O–H groups in total. The zero-order valence-corrected chi connectivity index (χ0v) is 24.9. The van der Waals surface area contributed by atoms with Crippen LogP contribution >= 0.6 is 31.9 Å². The Hall–Kier alpha value is -3.96. The number of nitrogens with zero attached hydrogens (tertiary/aromatic N) is 3. The van der Waals surface area contributed by atoms with E-state index < -0.39 is 12.1 Å². The maximum absolute atomic E-state index is 13.6. The Kier molecular flexibility index (Phi) is 8.04. The maximum atomic E-state index is 13.6. The quantitative estimate of drug-likeness (QED) is 0.136. The molecular formula is C29H23Br2N3O6. The van der Waals surface area contributed by atoms with Crippen molar-refractivity contribution < 1.29 is 23.4 Å². The fourth-order valence-corrected chi connectivity index (χ4v) is 4.85. The van der Waals surface area contributed by atoms with Gasteiger partial charge in [0.15, 0.2) is 23.4 Å². The highest BCUT2D eigenvalue weighted by atomic mass is 79.9. The van der Waals surface area contributed by atoms with Gasteiger partial charge in [0.25, 0.3) is 5.56 Å². The van der Waals surface area contributed by atoms with Gasteiger partial charge < -0.3 is 18.6 Å². The van der Waals surface area contributed by atoms with Gasteiger partial charge in [-0.3, -0.25) is 4.79 Å². The molecule has 0 radical (unpaired) electrons. The third kappa shape index (κ3) is 5.52. The largest absolute Gasteiger partial charge is 0.490 e. The Morgan fingerprint density at radius 1 is 1.12 bits per heavy atom. The summed E-state index contributed by atoms with van der Waals surface area (Å²) in [7, 11) is 1.29. The number of methoxy groups -OCH3 is 1. The first-order valence-electron chi connectivity index (χ1n) is 12.3. The number of furan rings is 1. The average molecular weight is 669 g/mol. The summed E-state index contributed by atoms with van der Waals surface area (Å²) < 4.78 is 25.1. The topological polar surface area (TPSA) is 105 Å². The van der Waals surface area contributed by atoms with Crippen LogP contribution in [0.3, 0.4) is 0 Å². The molecule has 5 rings (SSSR count). The standard InChI is InChI=1S/C29H23Br2N3O6/c1-4-38-24-13-18(21(31)14-25(24)39-16(2)29(36)37-3)15-32-34-27(33-22-8-6-5-7-20(22)28(34)35)26-12-17-11-19(30)9-10-23(17)40-26/h5-16H,4H2,1-3H3/t16-/m1/s1. The summed E-state index contributed by atoms with van der Waals surface area (Å²) in [6, 6.07) is 17.9. The molecule has 0 bridgehead atoms. The molecule has 1 atom stereocenters. The summed E-state index contributed by atoms with van der Waals surface area (Å²) in [5, 5.41) is 5.80. The van der Waals surface area contributed by atoms with Crippen LogP contribution in [0.4, 0.5) is 0 Å². The van der Waals surface area contributed by atoms with E-state index in [0.717, 1.165) is 9.86 Å². The van der Waals surface area contributed by atoms with Crippen molar-refractivity contribution in [3.63, 3.8) is 0 Å². The van der Waals surface area contributed by atoms with E-state index in [-0.39, 0.29) is 11.4 Å². The van der Waals surface area contributed by atoms with E-state index in [1.165, 1.54) is 18.0 Å². The Morgan fingerprint density at radius 3 is 2.70 bits per heavy atom. The van der Waals surface area contributed by atoms with Crippen molar-refractivity contribution in [3.8, 4) is 23.1 Å². The summed E-state index contributed by atoms with van der Waals surface area (Å²) in [6.45, 7) is 3.78. The molecule has 40 heavy (non-hydrogen) atoms. The molecule has 0 unspecified atom stereocenters. The number of benzene rings is 3. The van der Waals surface area contributed by atoms with E-state index >= 15 is 0 Å². The van der Waals surface area contributed by atoms with E-state index in [4.69, 9.17) is 23.6 Å². The number of halogens is 2. The average Bonchev–Trinajstić information content (AvgIpc) is 3.37. The number of hydrogen-bond donors (Lipinski definition) is 0. The molecule has 0 aliphatic carbocycles. The monoisotopic (exact) mass is 667 g/mol. The summed E-state index contributed by atoms with van der Waals surface area (Å²) in [4.78, 5) is 30.2. The number of carbonyl (C=O) groups is 1. The van der Waals surface area contributed by atoms with Gasteiger partial charge in [0, 0.05) is 19.9 Å². The van der Waals surface area contributed by atoms with Crippen LogP contribution < -0.4 is 15.0 Å². The minimum atomic E-state index is -0.843.